The fourth-order valence-corrected chi connectivity index (χ4v) is 8.29. The number of carbonyl (C=O) groups excluding carboxylic acids is 4. The monoisotopic (exact) mass is 689 g/mol. The summed E-state index contributed by atoms with van der Waals surface area (Å²) in [5.74, 6) is -4.13. The number of aliphatic hydroxyl groups is 1. The highest BCUT2D eigenvalue weighted by Gasteiger charge is 2.73. The summed E-state index contributed by atoms with van der Waals surface area (Å²) in [6, 6.07) is 12.1. The van der Waals surface area contributed by atoms with Gasteiger partial charge in [-0.1, -0.05) is 92.2 Å². The average molecular weight is 690 g/mol. The van der Waals surface area contributed by atoms with Gasteiger partial charge in [0.05, 0.1) is 41.4 Å². The van der Waals surface area contributed by atoms with E-state index in [4.69, 9.17) is 21.1 Å². The third kappa shape index (κ3) is 5.87. The van der Waals surface area contributed by atoms with Crippen molar-refractivity contribution in [2.24, 2.45) is 17.8 Å². The van der Waals surface area contributed by atoms with Gasteiger partial charge in [-0.2, -0.15) is 0 Å². The number of amides is 3. The summed E-state index contributed by atoms with van der Waals surface area (Å²) in [6.07, 6.45) is 5.90. The number of aliphatic hydroxyl groups excluding tert-OH is 1. The number of likely N-dealkylation sites (tertiary alicyclic amines) is 1. The number of cyclic esters (lactones) is 1. The Kier molecular flexibility index (Phi) is 9.77. The molecule has 11 heteroatoms. The van der Waals surface area contributed by atoms with E-state index in [-0.39, 0.29) is 24.8 Å². The van der Waals surface area contributed by atoms with Crippen molar-refractivity contribution in [2.75, 3.05) is 25.1 Å². The van der Waals surface area contributed by atoms with Crippen LogP contribution in [0, 0.1) is 24.7 Å². The summed E-state index contributed by atoms with van der Waals surface area (Å²) in [5, 5.41) is 11.0. The van der Waals surface area contributed by atoms with E-state index in [2.05, 4.69) is 0 Å². The molecule has 0 saturated carbocycles. The molecule has 3 amide bonds. The van der Waals surface area contributed by atoms with Crippen molar-refractivity contribution >= 4 is 41.0 Å². The van der Waals surface area contributed by atoms with Crippen LogP contribution < -0.4 is 4.90 Å². The molecule has 4 aliphatic heterocycles. The molecule has 1 N–H and O–H groups in total. The van der Waals surface area contributed by atoms with Crippen LogP contribution in [-0.4, -0.2) is 88.6 Å². The van der Waals surface area contributed by atoms with Crippen molar-refractivity contribution in [3.05, 3.63) is 89.0 Å². The van der Waals surface area contributed by atoms with Crippen molar-refractivity contribution in [2.45, 2.75) is 76.5 Å². The minimum Gasteiger partial charge on any atom is -0.455 e. The second-order valence-electron chi connectivity index (χ2n) is 13.8. The third-order valence-electron chi connectivity index (χ3n) is 10.6. The zero-order valence-electron chi connectivity index (χ0n) is 28.5. The largest absolute Gasteiger partial charge is 0.455 e. The standard InChI is InChI=1S/C38H44ClN3O7/c1-22(2)27(21-43)42-34-36(46)41(32-23(3)13-11-16-26(32)39)20-12-19-38(34)31(35(42)45)30-28(49-38)17-9-10-18-29(44)40(5)24(4)33(48-37(30)47)25-14-7-6-8-15-25/h6-9,11-17,19,22,24,27-28,30-31,33-34,43H,10,18,20-21H2,1-5H3/b17-9-/t24-,27+,28-,30+,31+,33+,34-,38+/m1/s1. The van der Waals surface area contributed by atoms with Crippen LogP contribution in [0.4, 0.5) is 5.69 Å². The molecule has 6 rings (SSSR count). The molecule has 2 saturated heterocycles. The summed E-state index contributed by atoms with van der Waals surface area (Å²) < 4.78 is 13.2. The summed E-state index contributed by atoms with van der Waals surface area (Å²) in [7, 11) is 1.70. The van der Waals surface area contributed by atoms with Crippen LogP contribution in [0.15, 0.2) is 72.8 Å². The minimum atomic E-state index is -1.56. The van der Waals surface area contributed by atoms with Crippen molar-refractivity contribution in [1.29, 1.82) is 0 Å². The molecule has 49 heavy (non-hydrogen) atoms. The molecule has 2 fully saturated rings. The lowest BCUT2D eigenvalue weighted by atomic mass is 9.77. The summed E-state index contributed by atoms with van der Waals surface area (Å²) in [6.45, 7) is 7.21. The molecule has 0 aliphatic carbocycles. The minimum absolute atomic E-state index is 0.101. The van der Waals surface area contributed by atoms with Crippen molar-refractivity contribution in [1.82, 2.24) is 9.80 Å². The first-order valence-electron chi connectivity index (χ1n) is 17.0. The predicted octanol–water partition coefficient (Wildman–Crippen LogP) is 4.63. The summed E-state index contributed by atoms with van der Waals surface area (Å²) in [4.78, 5) is 62.2. The highest BCUT2D eigenvalue weighted by atomic mass is 35.5. The number of benzene rings is 2. The van der Waals surface area contributed by atoms with Gasteiger partial charge < -0.3 is 29.3 Å². The molecular weight excluding hydrogens is 646 g/mol. The molecule has 0 bridgehead atoms. The van der Waals surface area contributed by atoms with Crippen molar-refractivity contribution in [3.63, 3.8) is 0 Å². The number of hydrogen-bond donors (Lipinski definition) is 1. The Labute approximate surface area is 292 Å². The first-order valence-corrected chi connectivity index (χ1v) is 17.3. The number of halogens is 1. The second-order valence-corrected chi connectivity index (χ2v) is 14.2. The fraction of sp³-hybridized carbons (Fsp3) is 0.474. The molecule has 2 aromatic carbocycles. The van der Waals surface area contributed by atoms with Gasteiger partial charge in [0, 0.05) is 20.0 Å². The van der Waals surface area contributed by atoms with Gasteiger partial charge in [0.2, 0.25) is 11.8 Å². The quantitative estimate of drug-likeness (QED) is 0.360. The zero-order valence-corrected chi connectivity index (χ0v) is 29.2. The smallest absolute Gasteiger partial charge is 0.313 e. The van der Waals surface area contributed by atoms with Crippen LogP contribution in [-0.2, 0) is 28.7 Å². The maximum atomic E-state index is 14.9. The highest BCUT2D eigenvalue weighted by Crippen LogP contribution is 2.54. The van der Waals surface area contributed by atoms with Gasteiger partial charge in [-0.3, -0.25) is 19.2 Å². The number of para-hydroxylation sites is 1. The van der Waals surface area contributed by atoms with Crippen LogP contribution in [0.2, 0.25) is 5.02 Å². The van der Waals surface area contributed by atoms with Gasteiger partial charge in [-0.25, -0.2) is 0 Å². The van der Waals surface area contributed by atoms with Gasteiger partial charge >= 0.3 is 5.97 Å². The lowest BCUT2D eigenvalue weighted by Gasteiger charge is -2.40. The SMILES string of the molecule is Cc1cccc(Cl)c1N1CC=C[C@]23O[C@@H]4/C=C\CCC(=O)N(C)[C@H](C)[C@@H](c5ccccc5)OC(=O)[C@@H]4[C@H]2C(=O)N([C@@H](CO)C(C)C)[C@@H]3C1=O. The van der Waals surface area contributed by atoms with E-state index in [0.29, 0.717) is 22.7 Å². The number of likely N-dealkylation sites (N-methyl/N-ethyl adjacent to an activating group) is 1. The first kappa shape index (κ1) is 34.9. The van der Waals surface area contributed by atoms with Crippen LogP contribution in [0.25, 0.3) is 0 Å². The number of rotatable bonds is 5. The first-order chi connectivity index (χ1) is 23.4. The highest BCUT2D eigenvalue weighted by molar-refractivity contribution is 6.34. The lowest BCUT2D eigenvalue weighted by molar-refractivity contribution is -0.164. The van der Waals surface area contributed by atoms with Crippen LogP contribution in [0.1, 0.15) is 50.8 Å². The molecular formula is C38H44ClN3O7. The Balaban J connectivity index is 1.50. The second kappa shape index (κ2) is 13.7. The predicted molar refractivity (Wildman–Crippen MR) is 184 cm³/mol. The van der Waals surface area contributed by atoms with Crippen molar-refractivity contribution < 1.29 is 33.8 Å². The molecule has 4 heterocycles. The number of allylic oxidation sites excluding steroid dienone is 1. The maximum Gasteiger partial charge on any atom is 0.313 e. The van der Waals surface area contributed by atoms with Crippen LogP contribution in [0.5, 0.6) is 0 Å². The van der Waals surface area contributed by atoms with Gasteiger partial charge in [0.1, 0.15) is 23.7 Å². The maximum absolute atomic E-state index is 14.9. The third-order valence-corrected chi connectivity index (χ3v) is 10.9. The zero-order chi connectivity index (χ0) is 35.2. The van der Waals surface area contributed by atoms with E-state index in [1.165, 1.54) is 4.90 Å². The van der Waals surface area contributed by atoms with Crippen LogP contribution >= 0.6 is 11.6 Å². The number of esters is 1. The Morgan fingerprint density at radius 2 is 1.76 bits per heavy atom. The molecule has 10 nitrogen and oxygen atoms in total. The van der Waals surface area contributed by atoms with E-state index in [0.717, 1.165) is 5.56 Å². The Hall–Kier alpha value is -3.99. The topological polar surface area (TPSA) is 117 Å². The van der Waals surface area contributed by atoms with E-state index in [1.807, 2.05) is 70.2 Å². The molecule has 2 aromatic rings. The number of ether oxygens (including phenoxy) is 2. The van der Waals surface area contributed by atoms with E-state index in [9.17, 15) is 24.3 Å². The molecule has 4 aliphatic rings. The molecule has 0 radical (unpaired) electrons. The molecule has 260 valence electrons. The van der Waals surface area contributed by atoms with Gasteiger partial charge in [-0.05, 0) is 43.4 Å². The van der Waals surface area contributed by atoms with E-state index >= 15 is 0 Å². The number of fused-ring (bicyclic) bond motifs is 2. The summed E-state index contributed by atoms with van der Waals surface area (Å²) in [5.41, 5.74) is 0.447. The number of nitrogens with zero attached hydrogens (tertiary/aromatic N) is 3. The molecule has 0 aromatic heterocycles. The average Bonchev–Trinajstić information content (AvgIpc) is 3.46. The van der Waals surface area contributed by atoms with Gasteiger partial charge in [-0.15, -0.1) is 0 Å². The van der Waals surface area contributed by atoms with Gasteiger partial charge in [0.15, 0.2) is 0 Å². The normalized spacial score (nSPS) is 31.8. The van der Waals surface area contributed by atoms with E-state index in [1.54, 1.807) is 47.2 Å². The molecule has 0 unspecified atom stereocenters. The molecule has 1 spiro atoms. The number of hydrogen-bond acceptors (Lipinski definition) is 7. The summed E-state index contributed by atoms with van der Waals surface area (Å²) >= 11 is 6.68. The Morgan fingerprint density at radius 3 is 2.43 bits per heavy atom. The number of carbonyl (C=O) groups is 4. The Morgan fingerprint density at radius 1 is 1.02 bits per heavy atom. The van der Waals surface area contributed by atoms with Crippen LogP contribution in [0.3, 0.4) is 0 Å². The van der Waals surface area contributed by atoms with Gasteiger partial charge in [0.25, 0.3) is 5.91 Å². The fourth-order valence-electron chi connectivity index (χ4n) is 7.97. The molecule has 8 atom stereocenters. The van der Waals surface area contributed by atoms with E-state index < -0.39 is 72.2 Å². The lowest BCUT2D eigenvalue weighted by Crippen LogP contribution is -2.59. The van der Waals surface area contributed by atoms with Crippen molar-refractivity contribution in [3.8, 4) is 0 Å². The number of anilines is 1. The Bertz CT molecular complexity index is 1660. The number of aryl methyl sites for hydroxylation is 1.